The molecule has 0 heterocycles. The third-order valence-electron chi connectivity index (χ3n) is 1.12. The van der Waals surface area contributed by atoms with Crippen molar-refractivity contribution in [1.29, 1.82) is 0 Å². The summed E-state index contributed by atoms with van der Waals surface area (Å²) in [7, 11) is 5.29. The molecule has 1 atom stereocenters. The third-order valence-corrected chi connectivity index (χ3v) is 1.12. The van der Waals surface area contributed by atoms with Gasteiger partial charge in [0.2, 0.25) is 0 Å². The first-order valence-electron chi connectivity index (χ1n) is 3.81. The molecule has 0 saturated heterocycles. The van der Waals surface area contributed by atoms with Gasteiger partial charge in [-0.1, -0.05) is 33.0 Å². The van der Waals surface area contributed by atoms with Crippen LogP contribution in [-0.4, -0.2) is 14.0 Å². The minimum atomic E-state index is -0.116. The van der Waals surface area contributed by atoms with Crippen molar-refractivity contribution in [2.45, 2.75) is 45.6 Å². The quantitative estimate of drug-likeness (QED) is 0.446. The summed E-state index contributed by atoms with van der Waals surface area (Å²) in [5, 5.41) is 0. The lowest BCUT2D eigenvalue weighted by Gasteiger charge is -1.92. The van der Waals surface area contributed by atoms with Crippen LogP contribution in [0.3, 0.4) is 0 Å². The Bertz CT molecular complexity index is 47.6. The van der Waals surface area contributed by atoms with E-state index in [1.807, 2.05) is 13.8 Å². The molecule has 0 fully saturated rings. The van der Waals surface area contributed by atoms with Gasteiger partial charge < -0.3 is 11.5 Å². The van der Waals surface area contributed by atoms with Gasteiger partial charge in [-0.15, -0.1) is 0 Å². The van der Waals surface area contributed by atoms with E-state index in [0.29, 0.717) is 5.82 Å². The second kappa shape index (κ2) is 8.98. The maximum absolute atomic E-state index is 5.29. The Hall–Kier alpha value is -0.0151. The zero-order chi connectivity index (χ0) is 8.57. The molecule has 0 aliphatic carbocycles. The fourth-order valence-electron chi connectivity index (χ4n) is 0. The molecular formula is C7H19BN2. The van der Waals surface area contributed by atoms with Gasteiger partial charge >= 0.3 is 0 Å². The summed E-state index contributed by atoms with van der Waals surface area (Å²) in [6, 6.07) is 0. The van der Waals surface area contributed by atoms with Crippen molar-refractivity contribution >= 4 is 7.85 Å². The lowest BCUT2D eigenvalue weighted by Crippen LogP contribution is -2.28. The van der Waals surface area contributed by atoms with Crippen molar-refractivity contribution in [3.63, 3.8) is 0 Å². The second-order valence-corrected chi connectivity index (χ2v) is 2.46. The maximum Gasteiger partial charge on any atom is 0.0695 e. The minimum absolute atomic E-state index is 0.116. The fourth-order valence-corrected chi connectivity index (χ4v) is 0. The number of hydrogen-bond donors (Lipinski definition) is 2. The van der Waals surface area contributed by atoms with E-state index in [0.717, 1.165) is 12.8 Å². The summed E-state index contributed by atoms with van der Waals surface area (Å²) in [6.45, 7) is 6.02. The Morgan fingerprint density at radius 1 is 1.20 bits per heavy atom. The molecule has 2 radical (unpaired) electrons. The van der Waals surface area contributed by atoms with Crippen molar-refractivity contribution in [3.05, 3.63) is 0 Å². The van der Waals surface area contributed by atoms with Crippen molar-refractivity contribution in [3.8, 4) is 0 Å². The Morgan fingerprint density at radius 2 is 1.40 bits per heavy atom. The fraction of sp³-hybridized carbons (Fsp3) is 1.00. The Labute approximate surface area is 65.8 Å². The van der Waals surface area contributed by atoms with Crippen molar-refractivity contribution < 1.29 is 0 Å². The SMILES string of the molecule is CCC(N)N.[B]C(C)CC. The van der Waals surface area contributed by atoms with Crippen LogP contribution in [0, 0.1) is 0 Å². The lowest BCUT2D eigenvalue weighted by atomic mass is 9.88. The molecule has 0 aromatic heterocycles. The standard InChI is InChI=1S/C4H9B.C3H10N2/c1-3-4(2)5;1-2-3(4)5/h4H,3H2,1-2H3;3H,2,4-5H2,1H3. The molecule has 0 spiro atoms. The van der Waals surface area contributed by atoms with Crippen LogP contribution < -0.4 is 11.5 Å². The number of hydrogen-bond acceptors (Lipinski definition) is 2. The summed E-state index contributed by atoms with van der Waals surface area (Å²) >= 11 is 0. The molecule has 0 amide bonds. The Kier molecular flexibility index (Phi) is 11.4. The predicted molar refractivity (Wildman–Crippen MR) is 47.9 cm³/mol. The molecular weight excluding hydrogens is 123 g/mol. The van der Waals surface area contributed by atoms with Gasteiger partial charge in [0, 0.05) is 0 Å². The summed E-state index contributed by atoms with van der Waals surface area (Å²) in [4.78, 5) is 0. The number of nitrogens with two attached hydrogens (primary N) is 2. The maximum atomic E-state index is 5.29. The zero-order valence-electron chi connectivity index (χ0n) is 7.30. The molecule has 1 unspecified atom stereocenters. The highest BCUT2D eigenvalue weighted by atomic mass is 14.8. The average Bonchev–Trinajstić information content (AvgIpc) is 1.89. The van der Waals surface area contributed by atoms with E-state index in [9.17, 15) is 0 Å². The van der Waals surface area contributed by atoms with Gasteiger partial charge in [-0.05, 0) is 6.42 Å². The van der Waals surface area contributed by atoms with Gasteiger partial charge in [0.05, 0.1) is 14.0 Å². The molecule has 0 saturated carbocycles. The van der Waals surface area contributed by atoms with E-state index in [2.05, 4.69) is 6.92 Å². The van der Waals surface area contributed by atoms with E-state index in [1.165, 1.54) is 0 Å². The van der Waals surface area contributed by atoms with Crippen LogP contribution in [0.2, 0.25) is 5.82 Å². The van der Waals surface area contributed by atoms with E-state index < -0.39 is 0 Å². The molecule has 60 valence electrons. The molecule has 0 bridgehead atoms. The van der Waals surface area contributed by atoms with Gasteiger partial charge in [-0.25, -0.2) is 0 Å². The van der Waals surface area contributed by atoms with Crippen LogP contribution in [0.1, 0.15) is 33.6 Å². The normalized spacial score (nSPS) is 12.2. The summed E-state index contributed by atoms with van der Waals surface area (Å²) in [5.74, 6) is 0.384. The molecule has 3 heteroatoms. The molecule has 10 heavy (non-hydrogen) atoms. The highest BCUT2D eigenvalue weighted by molar-refractivity contribution is 6.11. The average molecular weight is 142 g/mol. The second-order valence-electron chi connectivity index (χ2n) is 2.46. The van der Waals surface area contributed by atoms with Crippen molar-refractivity contribution in [2.75, 3.05) is 0 Å². The smallest absolute Gasteiger partial charge is 0.0695 e. The van der Waals surface area contributed by atoms with Gasteiger partial charge in [0.25, 0.3) is 0 Å². The summed E-state index contributed by atoms with van der Waals surface area (Å²) in [6.07, 6.45) is 1.83. The van der Waals surface area contributed by atoms with E-state index in [-0.39, 0.29) is 6.17 Å². The first kappa shape index (κ1) is 12.6. The Balaban J connectivity index is 0. The van der Waals surface area contributed by atoms with E-state index in [4.69, 9.17) is 19.3 Å². The molecule has 2 nitrogen and oxygen atoms in total. The Morgan fingerprint density at radius 3 is 1.40 bits per heavy atom. The number of rotatable bonds is 2. The van der Waals surface area contributed by atoms with Crippen molar-refractivity contribution in [1.82, 2.24) is 0 Å². The molecule has 0 aliphatic heterocycles. The topological polar surface area (TPSA) is 52.0 Å². The van der Waals surface area contributed by atoms with Crippen molar-refractivity contribution in [2.24, 2.45) is 11.5 Å². The first-order chi connectivity index (χ1) is 4.54. The van der Waals surface area contributed by atoms with Gasteiger partial charge in [-0.2, -0.15) is 0 Å². The minimum Gasteiger partial charge on any atom is -0.316 e. The van der Waals surface area contributed by atoms with E-state index in [1.54, 1.807) is 0 Å². The monoisotopic (exact) mass is 142 g/mol. The van der Waals surface area contributed by atoms with Crippen LogP contribution in [0.15, 0.2) is 0 Å². The molecule has 0 aliphatic rings. The van der Waals surface area contributed by atoms with Crippen LogP contribution in [0.5, 0.6) is 0 Å². The largest absolute Gasteiger partial charge is 0.316 e. The summed E-state index contributed by atoms with van der Waals surface area (Å²) in [5.41, 5.74) is 10.1. The van der Waals surface area contributed by atoms with Crippen LogP contribution >= 0.6 is 0 Å². The van der Waals surface area contributed by atoms with Gasteiger partial charge in [-0.3, -0.25) is 0 Å². The highest BCUT2D eigenvalue weighted by Gasteiger charge is 1.80. The first-order valence-corrected chi connectivity index (χ1v) is 3.81. The van der Waals surface area contributed by atoms with E-state index >= 15 is 0 Å². The third kappa shape index (κ3) is 24.5. The summed E-state index contributed by atoms with van der Waals surface area (Å²) < 4.78 is 0. The van der Waals surface area contributed by atoms with Crippen LogP contribution in [-0.2, 0) is 0 Å². The lowest BCUT2D eigenvalue weighted by molar-refractivity contribution is 0.682. The van der Waals surface area contributed by atoms with Gasteiger partial charge in [0.1, 0.15) is 0 Å². The van der Waals surface area contributed by atoms with Crippen LogP contribution in [0.25, 0.3) is 0 Å². The van der Waals surface area contributed by atoms with Gasteiger partial charge in [0.15, 0.2) is 0 Å². The molecule has 0 rings (SSSR count). The highest BCUT2D eigenvalue weighted by Crippen LogP contribution is 1.97. The molecule has 0 aromatic carbocycles. The predicted octanol–water partition coefficient (Wildman–Crippen LogP) is 1.01. The molecule has 0 aromatic rings. The van der Waals surface area contributed by atoms with Crippen LogP contribution in [0.4, 0.5) is 0 Å². The zero-order valence-corrected chi connectivity index (χ0v) is 7.30. The molecule has 4 N–H and O–H groups in total.